The van der Waals surface area contributed by atoms with Crippen LogP contribution in [0.25, 0.3) is 0 Å². The minimum absolute atomic E-state index is 0.0431. The number of rotatable bonds is 4. The predicted molar refractivity (Wildman–Crippen MR) is 42.2 cm³/mol. The number of nitrogens with one attached hydrogen (secondary N) is 1. The molecule has 3 nitrogen and oxygen atoms in total. The summed E-state index contributed by atoms with van der Waals surface area (Å²) in [6.45, 7) is 1.30. The van der Waals surface area contributed by atoms with E-state index in [4.69, 9.17) is 0 Å². The molecule has 0 saturated carbocycles. The van der Waals surface area contributed by atoms with Crippen LogP contribution in [0.3, 0.4) is 0 Å². The molecule has 0 radical (unpaired) electrons. The van der Waals surface area contributed by atoms with Gasteiger partial charge in [-0.15, -0.1) is 0 Å². The third kappa shape index (κ3) is 4.23. The third-order valence-corrected chi connectivity index (χ3v) is 1.45. The standard InChI is InChI=1S/C7H14F2N2O/c1-5(7(8)9)10-4-6(12)11(2)3/h5,7,10H,4H2,1-3H3. The van der Waals surface area contributed by atoms with Crippen molar-refractivity contribution in [2.45, 2.75) is 19.4 Å². The lowest BCUT2D eigenvalue weighted by Crippen LogP contribution is -2.40. The van der Waals surface area contributed by atoms with Crippen LogP contribution in [0.4, 0.5) is 8.78 Å². The zero-order chi connectivity index (χ0) is 9.72. The number of alkyl halides is 2. The van der Waals surface area contributed by atoms with Crippen LogP contribution in [0.5, 0.6) is 0 Å². The van der Waals surface area contributed by atoms with E-state index in [0.29, 0.717) is 0 Å². The van der Waals surface area contributed by atoms with Gasteiger partial charge in [-0.3, -0.25) is 4.79 Å². The van der Waals surface area contributed by atoms with Gasteiger partial charge in [0.15, 0.2) is 0 Å². The van der Waals surface area contributed by atoms with Gasteiger partial charge in [0.1, 0.15) is 0 Å². The van der Waals surface area contributed by atoms with Crippen molar-refractivity contribution in [3.05, 3.63) is 0 Å². The van der Waals surface area contributed by atoms with Gasteiger partial charge in [-0.2, -0.15) is 0 Å². The summed E-state index contributed by atoms with van der Waals surface area (Å²) in [6.07, 6.45) is -2.43. The molecule has 0 aliphatic rings. The molecule has 12 heavy (non-hydrogen) atoms. The fraction of sp³-hybridized carbons (Fsp3) is 0.857. The highest BCUT2D eigenvalue weighted by Crippen LogP contribution is 1.98. The minimum Gasteiger partial charge on any atom is -0.348 e. The Morgan fingerprint density at radius 1 is 1.50 bits per heavy atom. The molecular formula is C7H14F2N2O. The minimum atomic E-state index is -2.43. The lowest BCUT2D eigenvalue weighted by Gasteiger charge is -2.14. The lowest BCUT2D eigenvalue weighted by atomic mass is 10.3. The summed E-state index contributed by atoms with van der Waals surface area (Å²) in [7, 11) is 3.16. The number of likely N-dealkylation sites (N-methyl/N-ethyl adjacent to an activating group) is 1. The highest BCUT2D eigenvalue weighted by atomic mass is 19.3. The molecule has 0 aliphatic carbocycles. The van der Waals surface area contributed by atoms with Crippen molar-refractivity contribution in [2.75, 3.05) is 20.6 Å². The van der Waals surface area contributed by atoms with Crippen LogP contribution < -0.4 is 5.32 Å². The number of carbonyl (C=O) groups is 1. The summed E-state index contributed by atoms with van der Waals surface area (Å²) < 4.78 is 23.8. The second-order valence-corrected chi connectivity index (χ2v) is 2.79. The predicted octanol–water partition coefficient (Wildman–Crippen LogP) is 0.318. The van der Waals surface area contributed by atoms with Gasteiger partial charge < -0.3 is 10.2 Å². The molecule has 0 bridgehead atoms. The number of carbonyl (C=O) groups excluding carboxylic acids is 1. The van der Waals surface area contributed by atoms with Gasteiger partial charge in [-0.05, 0) is 6.92 Å². The molecule has 0 aromatic heterocycles. The average Bonchev–Trinajstić information content (AvgIpc) is 1.98. The van der Waals surface area contributed by atoms with E-state index in [1.807, 2.05) is 0 Å². The van der Waals surface area contributed by atoms with E-state index in [1.54, 1.807) is 14.1 Å². The Labute approximate surface area is 70.7 Å². The molecule has 0 aromatic rings. The largest absolute Gasteiger partial charge is 0.348 e. The van der Waals surface area contributed by atoms with Crippen LogP contribution in [-0.4, -0.2) is 43.9 Å². The Kier molecular flexibility index (Phi) is 4.73. The molecule has 0 spiro atoms. The van der Waals surface area contributed by atoms with Crippen molar-refractivity contribution >= 4 is 5.91 Å². The molecule has 1 unspecified atom stereocenters. The van der Waals surface area contributed by atoms with Gasteiger partial charge in [0.2, 0.25) is 5.91 Å². The molecule has 0 aliphatic heterocycles. The molecule has 1 N–H and O–H groups in total. The highest BCUT2D eigenvalue weighted by molar-refractivity contribution is 5.77. The second-order valence-electron chi connectivity index (χ2n) is 2.79. The van der Waals surface area contributed by atoms with Gasteiger partial charge in [0, 0.05) is 14.1 Å². The quantitative estimate of drug-likeness (QED) is 0.675. The van der Waals surface area contributed by atoms with Gasteiger partial charge >= 0.3 is 0 Å². The maximum atomic E-state index is 11.9. The number of hydrogen-bond donors (Lipinski definition) is 1. The first kappa shape index (κ1) is 11.3. The van der Waals surface area contributed by atoms with Crippen molar-refractivity contribution in [3.63, 3.8) is 0 Å². The van der Waals surface area contributed by atoms with Gasteiger partial charge in [0.05, 0.1) is 12.6 Å². The van der Waals surface area contributed by atoms with E-state index in [1.165, 1.54) is 11.8 Å². The zero-order valence-electron chi connectivity index (χ0n) is 7.47. The van der Waals surface area contributed by atoms with E-state index in [-0.39, 0.29) is 12.5 Å². The van der Waals surface area contributed by atoms with E-state index in [0.717, 1.165) is 0 Å². The van der Waals surface area contributed by atoms with Crippen molar-refractivity contribution in [3.8, 4) is 0 Å². The molecule has 0 rings (SSSR count). The molecule has 72 valence electrons. The molecule has 0 heterocycles. The van der Waals surface area contributed by atoms with Crippen LogP contribution in [0.2, 0.25) is 0 Å². The lowest BCUT2D eigenvalue weighted by molar-refractivity contribution is -0.128. The molecule has 1 atom stereocenters. The summed E-state index contributed by atoms with van der Waals surface area (Å²) in [6, 6.07) is -0.936. The number of hydrogen-bond acceptors (Lipinski definition) is 2. The summed E-state index contributed by atoms with van der Waals surface area (Å²) in [5.41, 5.74) is 0. The average molecular weight is 180 g/mol. The molecule has 5 heteroatoms. The summed E-state index contributed by atoms with van der Waals surface area (Å²) in [4.78, 5) is 12.2. The van der Waals surface area contributed by atoms with Gasteiger partial charge in [-0.1, -0.05) is 0 Å². The Bertz CT molecular complexity index is 150. The topological polar surface area (TPSA) is 32.3 Å². The van der Waals surface area contributed by atoms with E-state index >= 15 is 0 Å². The van der Waals surface area contributed by atoms with E-state index in [9.17, 15) is 13.6 Å². The Morgan fingerprint density at radius 3 is 2.33 bits per heavy atom. The van der Waals surface area contributed by atoms with Crippen molar-refractivity contribution < 1.29 is 13.6 Å². The fourth-order valence-corrected chi connectivity index (χ4v) is 0.495. The number of halogens is 2. The monoisotopic (exact) mass is 180 g/mol. The summed E-state index contributed by atoms with van der Waals surface area (Å²) >= 11 is 0. The van der Waals surface area contributed by atoms with E-state index in [2.05, 4.69) is 5.32 Å². The van der Waals surface area contributed by atoms with Crippen molar-refractivity contribution in [1.29, 1.82) is 0 Å². The molecule has 1 amide bonds. The van der Waals surface area contributed by atoms with Crippen LogP contribution in [-0.2, 0) is 4.79 Å². The second kappa shape index (κ2) is 5.03. The first-order chi connectivity index (χ1) is 5.45. The smallest absolute Gasteiger partial charge is 0.253 e. The SMILES string of the molecule is CC(NCC(=O)N(C)C)C(F)F. The van der Waals surface area contributed by atoms with E-state index < -0.39 is 12.5 Å². The first-order valence-corrected chi connectivity index (χ1v) is 3.67. The first-order valence-electron chi connectivity index (χ1n) is 3.67. The molecule has 0 fully saturated rings. The fourth-order valence-electron chi connectivity index (χ4n) is 0.495. The number of nitrogens with zero attached hydrogens (tertiary/aromatic N) is 1. The van der Waals surface area contributed by atoms with Crippen LogP contribution in [0.1, 0.15) is 6.92 Å². The van der Waals surface area contributed by atoms with Crippen molar-refractivity contribution in [1.82, 2.24) is 10.2 Å². The normalized spacial score (nSPS) is 13.2. The van der Waals surface area contributed by atoms with Crippen LogP contribution >= 0.6 is 0 Å². The summed E-state index contributed by atoms with van der Waals surface area (Å²) in [5, 5.41) is 2.42. The zero-order valence-corrected chi connectivity index (χ0v) is 7.47. The Balaban J connectivity index is 3.61. The summed E-state index contributed by atoms with van der Waals surface area (Å²) in [5.74, 6) is -0.206. The number of amides is 1. The molecule has 0 saturated heterocycles. The van der Waals surface area contributed by atoms with Crippen LogP contribution in [0.15, 0.2) is 0 Å². The third-order valence-electron chi connectivity index (χ3n) is 1.45. The van der Waals surface area contributed by atoms with Gasteiger partial charge in [0.25, 0.3) is 6.43 Å². The maximum Gasteiger partial charge on any atom is 0.253 e. The Hall–Kier alpha value is -0.710. The molecular weight excluding hydrogens is 166 g/mol. The van der Waals surface area contributed by atoms with Gasteiger partial charge in [-0.25, -0.2) is 8.78 Å². The Morgan fingerprint density at radius 2 is 2.00 bits per heavy atom. The van der Waals surface area contributed by atoms with Crippen molar-refractivity contribution in [2.24, 2.45) is 0 Å². The maximum absolute atomic E-state index is 11.9. The highest BCUT2D eigenvalue weighted by Gasteiger charge is 2.15. The molecule has 0 aromatic carbocycles. The van der Waals surface area contributed by atoms with Crippen LogP contribution in [0, 0.1) is 0 Å².